The SMILES string of the molecule is Cc1ccc2c(c1)C(O)(C1CCN(C)CC1)C(C)(C)CC2(C)C. The van der Waals surface area contributed by atoms with Crippen LogP contribution in [0.2, 0.25) is 0 Å². The number of likely N-dealkylation sites (tertiary alicyclic amines) is 1. The van der Waals surface area contributed by atoms with Crippen molar-refractivity contribution in [3.8, 4) is 0 Å². The zero-order valence-corrected chi connectivity index (χ0v) is 15.7. The largest absolute Gasteiger partial charge is 0.384 e. The van der Waals surface area contributed by atoms with Crippen LogP contribution in [0.4, 0.5) is 0 Å². The Balaban J connectivity index is 2.16. The lowest BCUT2D eigenvalue weighted by Gasteiger charge is -2.57. The highest BCUT2D eigenvalue weighted by Gasteiger charge is 2.57. The van der Waals surface area contributed by atoms with E-state index in [1.54, 1.807) is 0 Å². The van der Waals surface area contributed by atoms with Crippen LogP contribution >= 0.6 is 0 Å². The number of hydrogen-bond acceptors (Lipinski definition) is 2. The molecule has 1 aromatic rings. The molecule has 2 heteroatoms. The van der Waals surface area contributed by atoms with Crippen LogP contribution in [-0.4, -0.2) is 30.1 Å². The van der Waals surface area contributed by atoms with E-state index in [2.05, 4.69) is 64.8 Å². The van der Waals surface area contributed by atoms with Gasteiger partial charge in [-0.25, -0.2) is 0 Å². The smallest absolute Gasteiger partial charge is 0.0979 e. The fraction of sp³-hybridized carbons (Fsp3) is 0.714. The summed E-state index contributed by atoms with van der Waals surface area (Å²) >= 11 is 0. The molecule has 0 aromatic heterocycles. The maximum atomic E-state index is 12.1. The average Bonchev–Trinajstić information content (AvgIpc) is 2.44. The first kappa shape index (κ1) is 17.0. The van der Waals surface area contributed by atoms with Gasteiger partial charge in [0.15, 0.2) is 0 Å². The fourth-order valence-electron chi connectivity index (χ4n) is 5.46. The molecular formula is C21H33NO. The summed E-state index contributed by atoms with van der Waals surface area (Å²) in [4.78, 5) is 2.39. The molecule has 0 spiro atoms. The first-order valence-corrected chi connectivity index (χ1v) is 9.10. The summed E-state index contributed by atoms with van der Waals surface area (Å²) < 4.78 is 0. The lowest BCUT2D eigenvalue weighted by molar-refractivity contribution is -0.151. The number of nitrogens with zero attached hydrogens (tertiary/aromatic N) is 1. The molecule has 1 saturated heterocycles. The first-order chi connectivity index (χ1) is 10.6. The minimum atomic E-state index is -0.717. The Morgan fingerprint density at radius 2 is 1.65 bits per heavy atom. The van der Waals surface area contributed by atoms with Crippen molar-refractivity contribution >= 4 is 0 Å². The predicted octanol–water partition coefficient (Wildman–Crippen LogP) is 4.23. The summed E-state index contributed by atoms with van der Waals surface area (Å²) in [5, 5.41) is 12.1. The minimum Gasteiger partial charge on any atom is -0.384 e. The lowest BCUT2D eigenvalue weighted by Crippen LogP contribution is -2.56. The average molecular weight is 316 g/mol. The van der Waals surface area contributed by atoms with E-state index in [1.165, 1.54) is 16.7 Å². The van der Waals surface area contributed by atoms with Crippen molar-refractivity contribution in [1.82, 2.24) is 4.90 Å². The van der Waals surface area contributed by atoms with Crippen LogP contribution in [0.25, 0.3) is 0 Å². The maximum Gasteiger partial charge on any atom is 0.0979 e. The van der Waals surface area contributed by atoms with E-state index < -0.39 is 5.60 Å². The summed E-state index contributed by atoms with van der Waals surface area (Å²) in [6, 6.07) is 6.73. The van der Waals surface area contributed by atoms with Crippen molar-refractivity contribution in [1.29, 1.82) is 0 Å². The van der Waals surface area contributed by atoms with Gasteiger partial charge in [0.1, 0.15) is 0 Å². The van der Waals surface area contributed by atoms with E-state index >= 15 is 0 Å². The van der Waals surface area contributed by atoms with E-state index in [4.69, 9.17) is 0 Å². The maximum absolute atomic E-state index is 12.1. The van der Waals surface area contributed by atoms with Crippen molar-refractivity contribution in [2.24, 2.45) is 11.3 Å². The van der Waals surface area contributed by atoms with Gasteiger partial charge < -0.3 is 10.0 Å². The van der Waals surface area contributed by atoms with Crippen LogP contribution in [-0.2, 0) is 11.0 Å². The van der Waals surface area contributed by atoms with Crippen molar-refractivity contribution in [2.45, 2.75) is 64.9 Å². The number of benzene rings is 1. The van der Waals surface area contributed by atoms with Crippen molar-refractivity contribution in [3.05, 3.63) is 34.9 Å². The Morgan fingerprint density at radius 1 is 1.04 bits per heavy atom. The zero-order chi connectivity index (χ0) is 17.0. The van der Waals surface area contributed by atoms with Crippen LogP contribution in [0.5, 0.6) is 0 Å². The van der Waals surface area contributed by atoms with E-state index in [0.717, 1.165) is 32.4 Å². The molecule has 1 fully saturated rings. The van der Waals surface area contributed by atoms with E-state index in [9.17, 15) is 5.11 Å². The standard InChI is InChI=1S/C21H33NO/c1-15-7-8-17-18(13-15)21(23,16-9-11-22(6)12-10-16)20(4,5)14-19(17,2)3/h7-8,13,16,23H,9-12,14H2,1-6H3. The molecule has 1 heterocycles. The van der Waals surface area contributed by atoms with Gasteiger partial charge >= 0.3 is 0 Å². The molecule has 0 bridgehead atoms. The van der Waals surface area contributed by atoms with E-state index in [1.807, 2.05) is 0 Å². The second-order valence-electron chi connectivity index (χ2n) is 9.34. The third-order valence-electron chi connectivity index (χ3n) is 6.54. The quantitative estimate of drug-likeness (QED) is 0.838. The molecule has 1 aliphatic heterocycles. The topological polar surface area (TPSA) is 23.5 Å². The number of rotatable bonds is 1. The Labute approximate surface area is 141 Å². The molecule has 128 valence electrons. The Kier molecular flexibility index (Phi) is 3.93. The zero-order valence-electron chi connectivity index (χ0n) is 15.7. The summed E-state index contributed by atoms with van der Waals surface area (Å²) in [5.41, 5.74) is 3.09. The van der Waals surface area contributed by atoms with Gasteiger partial charge in [-0.15, -0.1) is 0 Å². The van der Waals surface area contributed by atoms with Gasteiger partial charge in [0.05, 0.1) is 5.60 Å². The third kappa shape index (κ3) is 2.55. The molecule has 3 rings (SSSR count). The highest BCUT2D eigenvalue weighted by molar-refractivity contribution is 5.45. The third-order valence-corrected chi connectivity index (χ3v) is 6.54. The van der Waals surface area contributed by atoms with Gasteiger partial charge in [0.2, 0.25) is 0 Å². The van der Waals surface area contributed by atoms with Crippen LogP contribution in [0.1, 0.15) is 63.6 Å². The second kappa shape index (κ2) is 5.32. The molecule has 0 saturated carbocycles. The minimum absolute atomic E-state index is 0.113. The number of fused-ring (bicyclic) bond motifs is 1. The second-order valence-corrected chi connectivity index (χ2v) is 9.34. The molecule has 1 N–H and O–H groups in total. The molecule has 2 nitrogen and oxygen atoms in total. The molecule has 0 amide bonds. The molecular weight excluding hydrogens is 282 g/mol. The summed E-state index contributed by atoms with van der Waals surface area (Å²) in [6.07, 6.45) is 3.20. The number of aryl methyl sites for hydroxylation is 1. The summed E-state index contributed by atoms with van der Waals surface area (Å²) in [7, 11) is 2.19. The number of piperidine rings is 1. The normalized spacial score (nSPS) is 30.9. The Morgan fingerprint density at radius 3 is 2.26 bits per heavy atom. The van der Waals surface area contributed by atoms with Crippen molar-refractivity contribution < 1.29 is 5.11 Å². The highest BCUT2D eigenvalue weighted by atomic mass is 16.3. The summed E-state index contributed by atoms with van der Waals surface area (Å²) in [6.45, 7) is 13.5. The van der Waals surface area contributed by atoms with Gasteiger partial charge in [-0.05, 0) is 74.2 Å². The first-order valence-electron chi connectivity index (χ1n) is 9.10. The van der Waals surface area contributed by atoms with Crippen molar-refractivity contribution in [2.75, 3.05) is 20.1 Å². The molecule has 1 unspecified atom stereocenters. The monoisotopic (exact) mass is 315 g/mol. The van der Waals surface area contributed by atoms with Gasteiger partial charge in [-0.2, -0.15) is 0 Å². The molecule has 1 atom stereocenters. The fourth-order valence-corrected chi connectivity index (χ4v) is 5.46. The molecule has 23 heavy (non-hydrogen) atoms. The lowest BCUT2D eigenvalue weighted by atomic mass is 9.51. The van der Waals surface area contributed by atoms with Gasteiger partial charge in [0.25, 0.3) is 0 Å². The van der Waals surface area contributed by atoms with E-state index in [-0.39, 0.29) is 10.8 Å². The van der Waals surface area contributed by atoms with Gasteiger partial charge in [-0.1, -0.05) is 51.5 Å². The Bertz CT molecular complexity index is 596. The molecule has 0 radical (unpaired) electrons. The molecule has 1 aromatic carbocycles. The number of hydrogen-bond donors (Lipinski definition) is 1. The summed E-state index contributed by atoms with van der Waals surface area (Å²) in [5.74, 6) is 0.352. The highest BCUT2D eigenvalue weighted by Crippen LogP contribution is 2.59. The van der Waals surface area contributed by atoms with Crippen LogP contribution in [0.15, 0.2) is 18.2 Å². The molecule has 2 aliphatic rings. The predicted molar refractivity (Wildman–Crippen MR) is 96.7 cm³/mol. The van der Waals surface area contributed by atoms with E-state index in [0.29, 0.717) is 5.92 Å². The van der Waals surface area contributed by atoms with Crippen LogP contribution in [0, 0.1) is 18.3 Å². The van der Waals surface area contributed by atoms with Gasteiger partial charge in [0, 0.05) is 0 Å². The van der Waals surface area contributed by atoms with Gasteiger partial charge in [-0.3, -0.25) is 0 Å². The molecule has 1 aliphatic carbocycles. The van der Waals surface area contributed by atoms with Crippen molar-refractivity contribution in [3.63, 3.8) is 0 Å². The van der Waals surface area contributed by atoms with Crippen LogP contribution in [0.3, 0.4) is 0 Å². The Hall–Kier alpha value is -0.860. The van der Waals surface area contributed by atoms with Crippen LogP contribution < -0.4 is 0 Å². The number of aliphatic hydroxyl groups is 1.